The number of benzene rings is 1. The fourth-order valence-electron chi connectivity index (χ4n) is 4.75. The van der Waals surface area contributed by atoms with Crippen LogP contribution in [-0.4, -0.2) is 41.5 Å². The number of halogens is 2. The number of fused-ring (bicyclic) bond motifs is 1. The van der Waals surface area contributed by atoms with Gasteiger partial charge in [-0.3, -0.25) is 4.90 Å². The van der Waals surface area contributed by atoms with Crippen molar-refractivity contribution in [1.29, 1.82) is 0 Å². The Kier molecular flexibility index (Phi) is 6.95. The molecule has 27 heavy (non-hydrogen) atoms. The van der Waals surface area contributed by atoms with Crippen molar-refractivity contribution in [1.82, 2.24) is 14.9 Å². The molecule has 4 rings (SSSR count). The van der Waals surface area contributed by atoms with Gasteiger partial charge in [0.2, 0.25) is 5.95 Å². The van der Waals surface area contributed by atoms with E-state index in [9.17, 15) is 0 Å². The van der Waals surface area contributed by atoms with Crippen molar-refractivity contribution in [2.24, 2.45) is 11.8 Å². The van der Waals surface area contributed by atoms with Crippen molar-refractivity contribution in [3.8, 4) is 0 Å². The van der Waals surface area contributed by atoms with E-state index in [0.717, 1.165) is 31.9 Å². The minimum absolute atomic E-state index is 0. The summed E-state index contributed by atoms with van der Waals surface area (Å²) in [5.41, 5.74) is 9.92. The van der Waals surface area contributed by atoms with Gasteiger partial charge in [-0.15, -0.1) is 24.8 Å². The number of aromatic nitrogens is 2. The van der Waals surface area contributed by atoms with Crippen LogP contribution in [-0.2, 0) is 6.42 Å². The van der Waals surface area contributed by atoms with Gasteiger partial charge < -0.3 is 10.6 Å². The van der Waals surface area contributed by atoms with Gasteiger partial charge in [-0.2, -0.15) is 4.98 Å². The standard InChI is InChI=1S/C20H27N5.2ClH/c1-4-14-9-22-20(21)23-19(14)25-11-15-10-24(3)18(17(15)12-25)16-8-6-5-7-13(16)2;;/h5-9,15,17-18H,4,10-12H2,1-3H3,(H2,21,22,23);2*1H/t15-,17+,18+;;/m0../s1. The van der Waals surface area contributed by atoms with E-state index in [4.69, 9.17) is 5.73 Å². The molecule has 0 bridgehead atoms. The van der Waals surface area contributed by atoms with E-state index in [-0.39, 0.29) is 24.8 Å². The SMILES string of the molecule is CCc1cnc(N)nc1N1C[C@@H]2CN(C)[C@H](c3ccccc3C)[C@@H]2C1.Cl.Cl. The number of hydrogen-bond acceptors (Lipinski definition) is 5. The average Bonchev–Trinajstić information content (AvgIpc) is 3.12. The normalized spacial score (nSPS) is 24.3. The molecular weight excluding hydrogens is 381 g/mol. The summed E-state index contributed by atoms with van der Waals surface area (Å²) in [5.74, 6) is 2.72. The van der Waals surface area contributed by atoms with Crippen LogP contribution >= 0.6 is 24.8 Å². The predicted molar refractivity (Wildman–Crippen MR) is 116 cm³/mol. The lowest BCUT2D eigenvalue weighted by Crippen LogP contribution is -2.30. The highest BCUT2D eigenvalue weighted by molar-refractivity contribution is 5.85. The summed E-state index contributed by atoms with van der Waals surface area (Å²) in [6.45, 7) is 7.61. The largest absolute Gasteiger partial charge is 0.368 e. The Morgan fingerprint density at radius 2 is 1.89 bits per heavy atom. The molecule has 2 N–H and O–H groups in total. The minimum atomic E-state index is 0. The number of rotatable bonds is 3. The number of nitrogen functional groups attached to an aromatic ring is 1. The monoisotopic (exact) mass is 409 g/mol. The number of nitrogens with zero attached hydrogens (tertiary/aromatic N) is 4. The van der Waals surface area contributed by atoms with E-state index in [1.807, 2.05) is 6.20 Å². The molecule has 2 aliphatic rings. The lowest BCUT2D eigenvalue weighted by molar-refractivity contribution is 0.279. The first-order valence-corrected chi connectivity index (χ1v) is 9.20. The van der Waals surface area contributed by atoms with E-state index in [2.05, 4.69) is 64.9 Å². The fourth-order valence-corrected chi connectivity index (χ4v) is 4.75. The first-order valence-electron chi connectivity index (χ1n) is 9.20. The lowest BCUT2D eigenvalue weighted by Gasteiger charge is -2.29. The van der Waals surface area contributed by atoms with Crippen LogP contribution in [0.3, 0.4) is 0 Å². The molecule has 7 heteroatoms. The number of anilines is 2. The van der Waals surface area contributed by atoms with Gasteiger partial charge in [0.1, 0.15) is 5.82 Å². The minimum Gasteiger partial charge on any atom is -0.368 e. The second kappa shape index (κ2) is 8.63. The molecule has 2 fully saturated rings. The zero-order chi connectivity index (χ0) is 17.6. The molecule has 1 aromatic carbocycles. The Labute approximate surface area is 174 Å². The Morgan fingerprint density at radius 3 is 2.59 bits per heavy atom. The lowest BCUT2D eigenvalue weighted by atomic mass is 9.88. The Bertz CT molecular complexity index is 785. The number of likely N-dealkylation sites (tertiary alicyclic amines) is 1. The van der Waals surface area contributed by atoms with Crippen molar-refractivity contribution in [3.63, 3.8) is 0 Å². The Morgan fingerprint density at radius 1 is 1.15 bits per heavy atom. The summed E-state index contributed by atoms with van der Waals surface area (Å²) in [4.78, 5) is 13.7. The van der Waals surface area contributed by atoms with Crippen LogP contribution in [0.15, 0.2) is 30.5 Å². The fraction of sp³-hybridized carbons (Fsp3) is 0.500. The molecule has 3 atom stereocenters. The summed E-state index contributed by atoms with van der Waals surface area (Å²) in [6, 6.07) is 9.30. The van der Waals surface area contributed by atoms with Crippen LogP contribution in [0.4, 0.5) is 11.8 Å². The topological polar surface area (TPSA) is 58.3 Å². The molecule has 148 valence electrons. The Hall–Kier alpha value is -1.56. The van der Waals surface area contributed by atoms with Crippen molar-refractivity contribution < 1.29 is 0 Å². The highest BCUT2D eigenvalue weighted by atomic mass is 35.5. The highest BCUT2D eigenvalue weighted by Gasteiger charge is 2.47. The molecule has 0 spiro atoms. The molecule has 3 heterocycles. The second-order valence-corrected chi connectivity index (χ2v) is 7.50. The second-order valence-electron chi connectivity index (χ2n) is 7.50. The third kappa shape index (κ3) is 3.86. The van der Waals surface area contributed by atoms with E-state index in [0.29, 0.717) is 23.8 Å². The van der Waals surface area contributed by atoms with E-state index >= 15 is 0 Å². The van der Waals surface area contributed by atoms with Gasteiger partial charge in [-0.25, -0.2) is 4.98 Å². The molecule has 1 aromatic heterocycles. The van der Waals surface area contributed by atoms with E-state index < -0.39 is 0 Å². The van der Waals surface area contributed by atoms with E-state index in [1.54, 1.807) is 0 Å². The van der Waals surface area contributed by atoms with Crippen LogP contribution in [0.5, 0.6) is 0 Å². The maximum Gasteiger partial charge on any atom is 0.221 e. The molecule has 0 saturated carbocycles. The van der Waals surface area contributed by atoms with Crippen LogP contribution in [0.25, 0.3) is 0 Å². The van der Waals surface area contributed by atoms with Gasteiger partial charge in [0, 0.05) is 43.4 Å². The van der Waals surface area contributed by atoms with Crippen molar-refractivity contribution >= 4 is 36.6 Å². The molecule has 2 aromatic rings. The summed E-state index contributed by atoms with van der Waals surface area (Å²) < 4.78 is 0. The third-order valence-electron chi connectivity index (χ3n) is 5.94. The molecule has 0 unspecified atom stereocenters. The van der Waals surface area contributed by atoms with Gasteiger partial charge in [0.25, 0.3) is 0 Å². The molecule has 0 radical (unpaired) electrons. The zero-order valence-electron chi connectivity index (χ0n) is 16.1. The summed E-state index contributed by atoms with van der Waals surface area (Å²) in [5, 5.41) is 0. The van der Waals surface area contributed by atoms with Gasteiger partial charge in [-0.05, 0) is 37.4 Å². The van der Waals surface area contributed by atoms with Crippen molar-refractivity contribution in [2.45, 2.75) is 26.3 Å². The molecule has 2 saturated heterocycles. The third-order valence-corrected chi connectivity index (χ3v) is 5.94. The maximum atomic E-state index is 5.87. The molecule has 0 aliphatic carbocycles. The average molecular weight is 410 g/mol. The van der Waals surface area contributed by atoms with Gasteiger partial charge >= 0.3 is 0 Å². The number of nitrogens with two attached hydrogens (primary N) is 1. The first-order chi connectivity index (χ1) is 12.1. The quantitative estimate of drug-likeness (QED) is 0.839. The highest BCUT2D eigenvalue weighted by Crippen LogP contribution is 2.45. The first kappa shape index (κ1) is 21.7. The van der Waals surface area contributed by atoms with Gasteiger partial charge in [0.05, 0.1) is 0 Å². The van der Waals surface area contributed by atoms with Gasteiger partial charge in [0.15, 0.2) is 0 Å². The van der Waals surface area contributed by atoms with Crippen LogP contribution in [0.1, 0.15) is 29.7 Å². The van der Waals surface area contributed by atoms with Crippen LogP contribution < -0.4 is 10.6 Å². The molecule has 5 nitrogen and oxygen atoms in total. The van der Waals surface area contributed by atoms with Crippen molar-refractivity contribution in [2.75, 3.05) is 37.3 Å². The summed E-state index contributed by atoms with van der Waals surface area (Å²) in [6.07, 6.45) is 2.82. The van der Waals surface area contributed by atoms with Gasteiger partial charge in [-0.1, -0.05) is 31.2 Å². The maximum absolute atomic E-state index is 5.87. The Balaban J connectivity index is 0.00000131. The summed E-state index contributed by atoms with van der Waals surface area (Å²) in [7, 11) is 2.26. The van der Waals surface area contributed by atoms with Crippen LogP contribution in [0, 0.1) is 18.8 Å². The molecular formula is C20H29Cl2N5. The zero-order valence-corrected chi connectivity index (χ0v) is 17.8. The smallest absolute Gasteiger partial charge is 0.221 e. The molecule has 2 aliphatic heterocycles. The summed E-state index contributed by atoms with van der Waals surface area (Å²) >= 11 is 0. The van der Waals surface area contributed by atoms with E-state index in [1.165, 1.54) is 16.7 Å². The van der Waals surface area contributed by atoms with Crippen molar-refractivity contribution in [3.05, 3.63) is 47.2 Å². The number of hydrogen-bond donors (Lipinski definition) is 1. The van der Waals surface area contributed by atoms with Crippen LogP contribution in [0.2, 0.25) is 0 Å². The predicted octanol–water partition coefficient (Wildman–Crippen LogP) is 3.51. The number of aryl methyl sites for hydroxylation is 2. The molecule has 0 amide bonds.